The highest BCUT2D eigenvalue weighted by molar-refractivity contribution is 6.37. The molecule has 1 aliphatic rings. The SMILES string of the molecule is COC(=O)CC1=C(C(=O)OC)C(c2cccc(N(C(N)=O)c3ccc(Cl)cc3Cl)c2)C(C#N)=C(N)O1. The summed E-state index contributed by atoms with van der Waals surface area (Å²) in [5.41, 5.74) is 12.3. The van der Waals surface area contributed by atoms with Crippen LogP contribution in [-0.4, -0.2) is 32.2 Å². The monoisotopic (exact) mass is 530 g/mol. The molecule has 12 heteroatoms. The second-order valence-electron chi connectivity index (χ2n) is 7.37. The summed E-state index contributed by atoms with van der Waals surface area (Å²) in [4.78, 5) is 38.4. The summed E-state index contributed by atoms with van der Waals surface area (Å²) in [5, 5.41) is 10.4. The zero-order valence-corrected chi connectivity index (χ0v) is 20.6. The minimum Gasteiger partial charge on any atom is -0.469 e. The number of benzene rings is 2. The molecule has 0 aliphatic carbocycles. The Kier molecular flexibility index (Phi) is 8.09. The molecule has 4 N–H and O–H groups in total. The van der Waals surface area contributed by atoms with Crippen LogP contribution in [0.1, 0.15) is 17.9 Å². The smallest absolute Gasteiger partial charge is 0.338 e. The predicted octanol–water partition coefficient (Wildman–Crippen LogP) is 4.01. The fourth-order valence-corrected chi connectivity index (χ4v) is 4.20. The number of methoxy groups -OCH3 is 2. The van der Waals surface area contributed by atoms with Gasteiger partial charge < -0.3 is 25.7 Å². The average molecular weight is 531 g/mol. The number of amides is 2. The van der Waals surface area contributed by atoms with Gasteiger partial charge in [-0.25, -0.2) is 9.59 Å². The van der Waals surface area contributed by atoms with Crippen molar-refractivity contribution in [2.24, 2.45) is 11.5 Å². The lowest BCUT2D eigenvalue weighted by Gasteiger charge is -2.28. The fourth-order valence-electron chi connectivity index (χ4n) is 3.71. The number of esters is 2. The topological polar surface area (TPSA) is 158 Å². The van der Waals surface area contributed by atoms with Crippen molar-refractivity contribution in [3.63, 3.8) is 0 Å². The third-order valence-corrected chi connectivity index (χ3v) is 5.81. The van der Waals surface area contributed by atoms with Crippen LogP contribution in [0.3, 0.4) is 0 Å². The summed E-state index contributed by atoms with van der Waals surface area (Å²) < 4.78 is 15.1. The first-order valence-corrected chi connectivity index (χ1v) is 11.0. The van der Waals surface area contributed by atoms with Gasteiger partial charge in [-0.2, -0.15) is 5.26 Å². The molecule has 2 amide bonds. The van der Waals surface area contributed by atoms with Gasteiger partial charge in [0.25, 0.3) is 0 Å². The van der Waals surface area contributed by atoms with E-state index in [9.17, 15) is 19.6 Å². The molecule has 0 radical (unpaired) electrons. The molecular formula is C24H20Cl2N4O6. The Morgan fingerprint density at radius 3 is 2.44 bits per heavy atom. The quantitative estimate of drug-likeness (QED) is 0.530. The number of rotatable bonds is 6. The van der Waals surface area contributed by atoms with Crippen molar-refractivity contribution in [2.75, 3.05) is 19.1 Å². The lowest BCUT2D eigenvalue weighted by molar-refractivity contribution is -0.140. The number of carbonyl (C=O) groups is 3. The van der Waals surface area contributed by atoms with E-state index < -0.39 is 30.3 Å². The minimum atomic E-state index is -1.09. The fraction of sp³-hybridized carbons (Fsp3) is 0.167. The van der Waals surface area contributed by atoms with Gasteiger partial charge in [0, 0.05) is 5.02 Å². The molecular weight excluding hydrogens is 511 g/mol. The number of hydrogen-bond acceptors (Lipinski definition) is 8. The first kappa shape index (κ1) is 26.4. The first-order valence-electron chi connectivity index (χ1n) is 10.2. The van der Waals surface area contributed by atoms with Crippen LogP contribution in [0.15, 0.2) is 65.3 Å². The van der Waals surface area contributed by atoms with Crippen LogP contribution < -0.4 is 16.4 Å². The molecule has 1 atom stereocenters. The van der Waals surface area contributed by atoms with Crippen molar-refractivity contribution < 1.29 is 28.6 Å². The van der Waals surface area contributed by atoms with E-state index in [1.807, 2.05) is 6.07 Å². The molecule has 1 heterocycles. The second-order valence-corrected chi connectivity index (χ2v) is 8.21. The molecule has 0 spiro atoms. The summed E-state index contributed by atoms with van der Waals surface area (Å²) in [6.45, 7) is 0. The van der Waals surface area contributed by atoms with Gasteiger partial charge in [-0.15, -0.1) is 0 Å². The summed E-state index contributed by atoms with van der Waals surface area (Å²) in [6.07, 6.45) is -0.440. The number of urea groups is 1. The highest BCUT2D eigenvalue weighted by Gasteiger charge is 2.38. The maximum Gasteiger partial charge on any atom is 0.338 e. The van der Waals surface area contributed by atoms with E-state index in [2.05, 4.69) is 4.74 Å². The van der Waals surface area contributed by atoms with Gasteiger partial charge in [-0.05, 0) is 35.9 Å². The minimum absolute atomic E-state index is 0.101. The van der Waals surface area contributed by atoms with Gasteiger partial charge in [0.05, 0.1) is 42.1 Å². The molecule has 2 aromatic rings. The molecule has 0 saturated carbocycles. The number of ether oxygens (including phenoxy) is 3. The van der Waals surface area contributed by atoms with E-state index in [-0.39, 0.29) is 39.2 Å². The number of halogens is 2. The van der Waals surface area contributed by atoms with Gasteiger partial charge in [0.15, 0.2) is 0 Å². The normalized spacial score (nSPS) is 15.0. The molecule has 186 valence electrons. The summed E-state index contributed by atoms with van der Waals surface area (Å²) in [5.74, 6) is -3.08. The number of nitriles is 1. The molecule has 0 saturated heterocycles. The van der Waals surface area contributed by atoms with E-state index in [1.165, 1.54) is 31.4 Å². The van der Waals surface area contributed by atoms with Crippen molar-refractivity contribution in [2.45, 2.75) is 12.3 Å². The van der Waals surface area contributed by atoms with Crippen LogP contribution in [0.5, 0.6) is 0 Å². The van der Waals surface area contributed by atoms with Gasteiger partial charge in [-0.3, -0.25) is 9.69 Å². The van der Waals surface area contributed by atoms with E-state index in [0.29, 0.717) is 10.6 Å². The lowest BCUT2D eigenvalue weighted by atomic mass is 9.82. The van der Waals surface area contributed by atoms with Crippen LogP contribution in [0.25, 0.3) is 0 Å². The number of allylic oxidation sites excluding steroid dienone is 1. The Hall–Kier alpha value is -4.20. The molecule has 1 unspecified atom stereocenters. The predicted molar refractivity (Wildman–Crippen MR) is 131 cm³/mol. The van der Waals surface area contributed by atoms with Gasteiger partial charge in [0.1, 0.15) is 23.8 Å². The van der Waals surface area contributed by atoms with Crippen molar-refractivity contribution >= 4 is 52.5 Å². The zero-order valence-electron chi connectivity index (χ0n) is 19.1. The number of carbonyl (C=O) groups excluding carboxylic acids is 3. The van der Waals surface area contributed by atoms with Gasteiger partial charge >= 0.3 is 18.0 Å². The number of nitrogens with two attached hydrogens (primary N) is 2. The van der Waals surface area contributed by atoms with Crippen molar-refractivity contribution in [3.05, 3.63) is 80.9 Å². The molecule has 0 fully saturated rings. The van der Waals surface area contributed by atoms with Crippen LogP contribution in [0, 0.1) is 11.3 Å². The van der Waals surface area contributed by atoms with Crippen LogP contribution in [-0.2, 0) is 23.8 Å². The number of primary amides is 1. The Balaban J connectivity index is 2.23. The Morgan fingerprint density at radius 2 is 1.86 bits per heavy atom. The highest BCUT2D eigenvalue weighted by Crippen LogP contribution is 2.42. The average Bonchev–Trinajstić information content (AvgIpc) is 2.84. The Morgan fingerprint density at radius 1 is 1.14 bits per heavy atom. The van der Waals surface area contributed by atoms with E-state index >= 15 is 0 Å². The second kappa shape index (κ2) is 11.0. The van der Waals surface area contributed by atoms with Crippen molar-refractivity contribution in [1.82, 2.24) is 0 Å². The first-order chi connectivity index (χ1) is 17.1. The molecule has 1 aliphatic heterocycles. The van der Waals surface area contributed by atoms with Crippen molar-refractivity contribution in [3.8, 4) is 6.07 Å². The molecule has 3 rings (SSSR count). The molecule has 2 aromatic carbocycles. The standard InChI is InChI=1S/C24H20Cl2N4O6/c1-34-19(31)10-18-21(23(32)35-2)20(15(11-27)22(28)36-18)12-4-3-5-14(8-12)30(24(29)33)17-7-6-13(25)9-16(17)26/h3-9,20H,10,28H2,1-2H3,(H2,29,33). The Bertz CT molecular complexity index is 1350. The molecule has 0 aromatic heterocycles. The van der Waals surface area contributed by atoms with Crippen LogP contribution in [0.2, 0.25) is 10.0 Å². The summed E-state index contributed by atoms with van der Waals surface area (Å²) >= 11 is 12.3. The van der Waals surface area contributed by atoms with E-state index in [1.54, 1.807) is 18.2 Å². The number of hydrogen-bond donors (Lipinski definition) is 2. The highest BCUT2D eigenvalue weighted by atomic mass is 35.5. The van der Waals surface area contributed by atoms with Gasteiger partial charge in [-0.1, -0.05) is 35.3 Å². The largest absolute Gasteiger partial charge is 0.469 e. The third-order valence-electron chi connectivity index (χ3n) is 5.27. The third kappa shape index (κ3) is 5.22. The summed E-state index contributed by atoms with van der Waals surface area (Å²) in [6, 6.07) is 11.9. The lowest BCUT2D eigenvalue weighted by Crippen LogP contribution is -2.32. The van der Waals surface area contributed by atoms with Crippen molar-refractivity contribution in [1.29, 1.82) is 5.26 Å². The molecule has 36 heavy (non-hydrogen) atoms. The van der Waals surface area contributed by atoms with Crippen LogP contribution in [0.4, 0.5) is 16.2 Å². The summed E-state index contributed by atoms with van der Waals surface area (Å²) in [7, 11) is 2.31. The maximum absolute atomic E-state index is 12.8. The molecule has 10 nitrogen and oxygen atoms in total. The van der Waals surface area contributed by atoms with Gasteiger partial charge in [0.2, 0.25) is 5.88 Å². The number of anilines is 2. The maximum atomic E-state index is 12.8. The van der Waals surface area contributed by atoms with E-state index in [4.69, 9.17) is 44.1 Å². The Labute approximate surface area is 216 Å². The zero-order chi connectivity index (χ0) is 26.6. The van der Waals surface area contributed by atoms with Crippen LogP contribution >= 0.6 is 23.2 Å². The molecule has 0 bridgehead atoms. The number of nitrogens with zero attached hydrogens (tertiary/aromatic N) is 2. The van der Waals surface area contributed by atoms with E-state index in [0.717, 1.165) is 12.0 Å².